The molecule has 0 nitrogen and oxygen atoms in total. The van der Waals surface area contributed by atoms with Gasteiger partial charge in [0.1, 0.15) is 0 Å². The summed E-state index contributed by atoms with van der Waals surface area (Å²) in [7, 11) is 0. The maximum Gasteiger partial charge on any atom is 0.0361 e. The first kappa shape index (κ1) is 29.3. The first-order valence-corrected chi connectivity index (χ1v) is 18.9. The fourth-order valence-corrected chi connectivity index (χ4v) is 11.0. The zero-order valence-electron chi connectivity index (χ0n) is 29.3. The average molecular weight is 669 g/mol. The quantitative estimate of drug-likeness (QED) is 0.161. The van der Waals surface area contributed by atoms with Gasteiger partial charge in [0.15, 0.2) is 0 Å². The lowest BCUT2D eigenvalue weighted by molar-refractivity contribution is 0.651. The smallest absolute Gasteiger partial charge is 0.0361 e. The SMILES string of the molecule is CC1(C)c2ccccc2-c2c1ccc1c2-c2ccc(-c3c4ccccc4c(-c4ccc5c(c4)sc4ccccc45)c4ccccc34)cc2C1(C)C. The third-order valence-corrected chi connectivity index (χ3v) is 13.4. The summed E-state index contributed by atoms with van der Waals surface area (Å²) in [4.78, 5) is 0. The molecule has 0 unspecified atom stereocenters. The van der Waals surface area contributed by atoms with Crippen molar-refractivity contribution in [1.29, 1.82) is 0 Å². The molecule has 1 aromatic heterocycles. The summed E-state index contributed by atoms with van der Waals surface area (Å²) in [5.74, 6) is 0. The summed E-state index contributed by atoms with van der Waals surface area (Å²) in [6.45, 7) is 9.61. The van der Waals surface area contributed by atoms with Crippen LogP contribution in [-0.2, 0) is 10.8 Å². The molecule has 2 aliphatic rings. The lowest BCUT2D eigenvalue weighted by Gasteiger charge is -2.24. The first-order chi connectivity index (χ1) is 24.8. The maximum atomic E-state index is 2.52. The second-order valence-corrected chi connectivity index (χ2v) is 16.7. The highest BCUT2D eigenvalue weighted by Gasteiger charge is 2.43. The molecule has 8 aromatic carbocycles. The minimum atomic E-state index is -0.122. The summed E-state index contributed by atoms with van der Waals surface area (Å²) in [6.07, 6.45) is 0. The standard InChI is InChI=1S/C50H36S/c1-49(2)39-19-11-9-18-37(39)47-40(49)25-26-41-48(47)38-24-22-29(27-42(38)50(41,3)4)45-33-14-5-7-16-35(33)46(36-17-8-6-15-34(36)45)30-21-23-32-31-13-10-12-20-43(31)51-44(32)28-30/h5-28H,1-4H3. The van der Waals surface area contributed by atoms with E-state index < -0.39 is 0 Å². The largest absolute Gasteiger partial charge is 0.135 e. The highest BCUT2D eigenvalue weighted by molar-refractivity contribution is 7.25. The van der Waals surface area contributed by atoms with E-state index in [1.165, 1.54) is 108 Å². The van der Waals surface area contributed by atoms with Crippen LogP contribution in [0.1, 0.15) is 49.9 Å². The van der Waals surface area contributed by atoms with E-state index in [1.54, 1.807) is 0 Å². The summed E-state index contributed by atoms with van der Waals surface area (Å²) in [5.41, 5.74) is 16.4. The van der Waals surface area contributed by atoms with Crippen molar-refractivity contribution in [2.24, 2.45) is 0 Å². The molecule has 0 N–H and O–H groups in total. The summed E-state index contributed by atoms with van der Waals surface area (Å²) >= 11 is 1.89. The maximum absolute atomic E-state index is 2.52. The molecule has 1 heteroatoms. The van der Waals surface area contributed by atoms with E-state index in [1.807, 2.05) is 11.3 Å². The Morgan fingerprint density at radius 1 is 0.333 bits per heavy atom. The van der Waals surface area contributed by atoms with Crippen LogP contribution in [0.5, 0.6) is 0 Å². The minimum absolute atomic E-state index is 0.0190. The number of hydrogen-bond donors (Lipinski definition) is 0. The van der Waals surface area contributed by atoms with Gasteiger partial charge in [-0.05, 0) is 107 Å². The molecule has 0 radical (unpaired) electrons. The Morgan fingerprint density at radius 3 is 1.45 bits per heavy atom. The van der Waals surface area contributed by atoms with Gasteiger partial charge >= 0.3 is 0 Å². The molecule has 0 saturated carbocycles. The molecule has 0 saturated heterocycles. The lowest BCUT2D eigenvalue weighted by Crippen LogP contribution is -2.17. The van der Waals surface area contributed by atoms with E-state index >= 15 is 0 Å². The molecule has 0 bridgehead atoms. The fraction of sp³-hybridized carbons (Fsp3) is 0.120. The number of hydrogen-bond acceptors (Lipinski definition) is 1. The molecular formula is C50H36S. The highest BCUT2D eigenvalue weighted by atomic mass is 32.1. The van der Waals surface area contributed by atoms with Gasteiger partial charge in [0, 0.05) is 31.0 Å². The van der Waals surface area contributed by atoms with Crippen molar-refractivity contribution in [2.45, 2.75) is 38.5 Å². The van der Waals surface area contributed by atoms with Crippen molar-refractivity contribution in [3.05, 3.63) is 168 Å². The molecule has 0 aliphatic heterocycles. The van der Waals surface area contributed by atoms with Gasteiger partial charge in [0.25, 0.3) is 0 Å². The van der Waals surface area contributed by atoms with Crippen molar-refractivity contribution >= 4 is 53.1 Å². The monoisotopic (exact) mass is 668 g/mol. The van der Waals surface area contributed by atoms with Gasteiger partial charge in [-0.2, -0.15) is 0 Å². The van der Waals surface area contributed by atoms with Crippen molar-refractivity contribution in [3.8, 4) is 44.5 Å². The van der Waals surface area contributed by atoms with Crippen LogP contribution in [0.2, 0.25) is 0 Å². The molecule has 9 aromatic rings. The second-order valence-electron chi connectivity index (χ2n) is 15.6. The zero-order valence-corrected chi connectivity index (χ0v) is 30.1. The van der Waals surface area contributed by atoms with Crippen LogP contribution in [0, 0.1) is 0 Å². The van der Waals surface area contributed by atoms with E-state index in [4.69, 9.17) is 0 Å². The number of rotatable bonds is 2. The number of benzene rings is 8. The Labute approximate surface area is 302 Å². The van der Waals surface area contributed by atoms with Gasteiger partial charge < -0.3 is 0 Å². The Morgan fingerprint density at radius 2 is 0.804 bits per heavy atom. The predicted molar refractivity (Wildman–Crippen MR) is 220 cm³/mol. The van der Waals surface area contributed by atoms with Crippen molar-refractivity contribution in [3.63, 3.8) is 0 Å². The van der Waals surface area contributed by atoms with Crippen molar-refractivity contribution in [2.75, 3.05) is 0 Å². The Hall–Kier alpha value is -5.50. The van der Waals surface area contributed by atoms with Gasteiger partial charge in [-0.25, -0.2) is 0 Å². The molecule has 242 valence electrons. The Bertz CT molecular complexity index is 2910. The van der Waals surface area contributed by atoms with Crippen LogP contribution in [0.3, 0.4) is 0 Å². The summed E-state index contributed by atoms with van der Waals surface area (Å²) in [6, 6.07) is 55.2. The van der Waals surface area contributed by atoms with Gasteiger partial charge in [0.05, 0.1) is 0 Å². The molecule has 0 atom stereocenters. The third-order valence-electron chi connectivity index (χ3n) is 12.3. The van der Waals surface area contributed by atoms with E-state index in [0.29, 0.717) is 0 Å². The first-order valence-electron chi connectivity index (χ1n) is 18.1. The minimum Gasteiger partial charge on any atom is -0.135 e. The van der Waals surface area contributed by atoms with Gasteiger partial charge in [-0.3, -0.25) is 0 Å². The van der Waals surface area contributed by atoms with Crippen LogP contribution in [0.15, 0.2) is 146 Å². The molecule has 1 heterocycles. The fourth-order valence-electron chi connectivity index (χ4n) is 9.81. The van der Waals surface area contributed by atoms with Crippen molar-refractivity contribution < 1.29 is 0 Å². The van der Waals surface area contributed by atoms with Crippen molar-refractivity contribution in [1.82, 2.24) is 0 Å². The molecule has 0 spiro atoms. The number of thiophene rings is 1. The van der Waals surface area contributed by atoms with Crippen LogP contribution in [0.25, 0.3) is 86.2 Å². The molecule has 0 amide bonds. The van der Waals surface area contributed by atoms with E-state index in [0.717, 1.165) is 0 Å². The topological polar surface area (TPSA) is 0 Å². The normalized spacial score (nSPS) is 15.0. The van der Waals surface area contributed by atoms with Gasteiger partial charge in [-0.1, -0.05) is 155 Å². The average Bonchev–Trinajstić information content (AvgIpc) is 3.72. The zero-order chi connectivity index (χ0) is 34.2. The van der Waals surface area contributed by atoms with Gasteiger partial charge in [-0.15, -0.1) is 11.3 Å². The van der Waals surface area contributed by atoms with Crippen LogP contribution in [0.4, 0.5) is 0 Å². The summed E-state index contributed by atoms with van der Waals surface area (Å²) < 4.78 is 2.68. The van der Waals surface area contributed by atoms with Crippen LogP contribution in [-0.4, -0.2) is 0 Å². The predicted octanol–water partition coefficient (Wildman–Crippen LogP) is 14.3. The highest BCUT2D eigenvalue weighted by Crippen LogP contribution is 2.59. The van der Waals surface area contributed by atoms with Crippen LogP contribution >= 0.6 is 11.3 Å². The molecule has 51 heavy (non-hydrogen) atoms. The molecule has 11 rings (SSSR count). The van der Waals surface area contributed by atoms with E-state index in [-0.39, 0.29) is 10.8 Å². The molecular weight excluding hydrogens is 633 g/mol. The lowest BCUT2D eigenvalue weighted by atomic mass is 9.79. The van der Waals surface area contributed by atoms with Crippen LogP contribution < -0.4 is 0 Å². The third kappa shape index (κ3) is 3.80. The Kier molecular flexibility index (Phi) is 5.77. The summed E-state index contributed by atoms with van der Waals surface area (Å²) in [5, 5.41) is 7.87. The van der Waals surface area contributed by atoms with E-state index in [9.17, 15) is 0 Å². The molecule has 2 aliphatic carbocycles. The van der Waals surface area contributed by atoms with Gasteiger partial charge in [0.2, 0.25) is 0 Å². The number of fused-ring (bicyclic) bond motifs is 12. The second kappa shape index (κ2) is 10.1. The van der Waals surface area contributed by atoms with E-state index in [2.05, 4.69) is 173 Å². The Balaban J connectivity index is 1.15. The molecule has 0 fully saturated rings.